The Bertz CT molecular complexity index is 463. The number of hydrogen-bond donors (Lipinski definition) is 1. The molecule has 1 atom stereocenters. The summed E-state index contributed by atoms with van der Waals surface area (Å²) in [5.41, 5.74) is 8.24. The van der Waals surface area contributed by atoms with Crippen LogP contribution in [0, 0.1) is 6.92 Å². The van der Waals surface area contributed by atoms with E-state index in [0.29, 0.717) is 12.6 Å². The van der Waals surface area contributed by atoms with E-state index in [2.05, 4.69) is 29.0 Å². The lowest BCUT2D eigenvalue weighted by Crippen LogP contribution is -2.45. The van der Waals surface area contributed by atoms with Crippen molar-refractivity contribution < 1.29 is 4.74 Å². The van der Waals surface area contributed by atoms with E-state index in [1.807, 2.05) is 14.0 Å². The second kappa shape index (κ2) is 6.77. The van der Waals surface area contributed by atoms with E-state index in [9.17, 15) is 0 Å². The van der Waals surface area contributed by atoms with Crippen LogP contribution in [0.15, 0.2) is 0 Å². The molecule has 0 amide bonds. The highest BCUT2D eigenvalue weighted by Crippen LogP contribution is 2.33. The van der Waals surface area contributed by atoms with Crippen molar-refractivity contribution in [1.29, 1.82) is 0 Å². The van der Waals surface area contributed by atoms with Gasteiger partial charge in [-0.1, -0.05) is 0 Å². The minimum absolute atomic E-state index is 0.191. The van der Waals surface area contributed by atoms with Crippen LogP contribution in [0.4, 0.5) is 0 Å². The number of rotatable bonds is 5. The third-order valence-electron chi connectivity index (χ3n) is 4.63. The van der Waals surface area contributed by atoms with Crippen LogP contribution in [0.1, 0.15) is 30.1 Å². The van der Waals surface area contributed by atoms with Gasteiger partial charge in [0.25, 0.3) is 0 Å². The van der Waals surface area contributed by atoms with Gasteiger partial charge >= 0.3 is 0 Å². The zero-order valence-electron chi connectivity index (χ0n) is 14.0. The molecule has 6 heteroatoms. The smallest absolute Gasteiger partial charge is 0.216 e. The minimum Gasteiger partial charge on any atom is -0.481 e. The van der Waals surface area contributed by atoms with Crippen LogP contribution in [0.5, 0.6) is 5.88 Å². The van der Waals surface area contributed by atoms with E-state index in [-0.39, 0.29) is 6.04 Å². The molecule has 0 bridgehead atoms. The Morgan fingerprint density at radius 2 is 2.00 bits per heavy atom. The summed E-state index contributed by atoms with van der Waals surface area (Å²) >= 11 is 0. The van der Waals surface area contributed by atoms with E-state index < -0.39 is 0 Å². The summed E-state index contributed by atoms with van der Waals surface area (Å²) in [7, 11) is 7.94. The molecule has 0 aliphatic carbocycles. The molecule has 1 aromatic heterocycles. The summed E-state index contributed by atoms with van der Waals surface area (Å²) in [5, 5.41) is 4.49. The Morgan fingerprint density at radius 1 is 1.38 bits per heavy atom. The van der Waals surface area contributed by atoms with Gasteiger partial charge in [-0.25, -0.2) is 4.68 Å². The van der Waals surface area contributed by atoms with Gasteiger partial charge in [0.05, 0.1) is 24.4 Å². The summed E-state index contributed by atoms with van der Waals surface area (Å²) in [4.78, 5) is 4.80. The van der Waals surface area contributed by atoms with Gasteiger partial charge in [0, 0.05) is 32.7 Å². The molecule has 1 aliphatic rings. The molecule has 2 rings (SSSR count). The fraction of sp³-hybridized carbons (Fsp3) is 0.800. The number of piperidine rings is 1. The van der Waals surface area contributed by atoms with Crippen molar-refractivity contribution in [2.24, 2.45) is 12.8 Å². The van der Waals surface area contributed by atoms with Crippen molar-refractivity contribution in [2.45, 2.75) is 31.8 Å². The first-order chi connectivity index (χ1) is 9.99. The third kappa shape index (κ3) is 3.22. The molecular weight excluding hydrogens is 266 g/mol. The highest BCUT2D eigenvalue weighted by molar-refractivity contribution is 5.34. The first-order valence-corrected chi connectivity index (χ1v) is 7.67. The Balaban J connectivity index is 2.18. The van der Waals surface area contributed by atoms with Gasteiger partial charge in [0.1, 0.15) is 0 Å². The molecule has 6 nitrogen and oxygen atoms in total. The number of aryl methyl sites for hydroxylation is 2. The first kappa shape index (κ1) is 16.3. The second-order valence-electron chi connectivity index (χ2n) is 6.11. The van der Waals surface area contributed by atoms with E-state index in [4.69, 9.17) is 10.5 Å². The lowest BCUT2D eigenvalue weighted by Gasteiger charge is -2.39. The molecule has 0 saturated carbocycles. The Morgan fingerprint density at radius 3 is 2.48 bits per heavy atom. The maximum Gasteiger partial charge on any atom is 0.216 e. The van der Waals surface area contributed by atoms with Crippen LogP contribution in [0.2, 0.25) is 0 Å². The number of ether oxygens (including phenoxy) is 1. The zero-order valence-corrected chi connectivity index (χ0v) is 14.0. The number of aromatic nitrogens is 2. The summed E-state index contributed by atoms with van der Waals surface area (Å²) in [6.45, 7) is 4.77. The standard InChI is InChI=1S/C15H29N5O/c1-11-14(15(21-5)19(4)17-11)13(10-16)20-8-6-12(7-9-20)18(2)3/h12-13H,6-10,16H2,1-5H3. The maximum absolute atomic E-state index is 6.09. The topological polar surface area (TPSA) is 59.6 Å². The summed E-state index contributed by atoms with van der Waals surface area (Å²) in [6, 6.07) is 0.869. The lowest BCUT2D eigenvalue weighted by molar-refractivity contribution is 0.109. The molecule has 1 fully saturated rings. The zero-order chi connectivity index (χ0) is 15.6. The van der Waals surface area contributed by atoms with E-state index in [1.54, 1.807) is 11.8 Å². The van der Waals surface area contributed by atoms with Gasteiger partial charge in [0.15, 0.2) is 0 Å². The van der Waals surface area contributed by atoms with Crippen molar-refractivity contribution in [3.8, 4) is 5.88 Å². The Hall–Kier alpha value is -1.11. The first-order valence-electron chi connectivity index (χ1n) is 7.67. The molecule has 1 aromatic rings. The predicted molar refractivity (Wildman–Crippen MR) is 84.6 cm³/mol. The van der Waals surface area contributed by atoms with E-state index in [0.717, 1.165) is 30.2 Å². The van der Waals surface area contributed by atoms with Crippen molar-refractivity contribution >= 4 is 0 Å². The lowest BCUT2D eigenvalue weighted by atomic mass is 9.99. The molecule has 1 unspecified atom stereocenters. The summed E-state index contributed by atoms with van der Waals surface area (Å²) in [6.07, 6.45) is 2.37. The Labute approximate surface area is 127 Å². The molecule has 120 valence electrons. The molecule has 1 aliphatic heterocycles. The highest BCUT2D eigenvalue weighted by Gasteiger charge is 2.30. The van der Waals surface area contributed by atoms with Gasteiger partial charge in [0.2, 0.25) is 5.88 Å². The van der Waals surface area contributed by atoms with Crippen LogP contribution in [0.3, 0.4) is 0 Å². The number of methoxy groups -OCH3 is 1. The van der Waals surface area contributed by atoms with Gasteiger partial charge in [-0.15, -0.1) is 0 Å². The molecule has 1 saturated heterocycles. The number of likely N-dealkylation sites (tertiary alicyclic amines) is 1. The molecular formula is C15H29N5O. The van der Waals surface area contributed by atoms with E-state index in [1.165, 1.54) is 12.8 Å². The SMILES string of the molecule is COc1c(C(CN)N2CCC(N(C)C)CC2)c(C)nn1C. The van der Waals surface area contributed by atoms with Crippen LogP contribution in [-0.4, -0.2) is 66.5 Å². The highest BCUT2D eigenvalue weighted by atomic mass is 16.5. The minimum atomic E-state index is 0.191. The molecule has 21 heavy (non-hydrogen) atoms. The van der Waals surface area contributed by atoms with Crippen molar-refractivity contribution in [2.75, 3.05) is 40.8 Å². The average molecular weight is 295 g/mol. The van der Waals surface area contributed by atoms with Gasteiger partial charge in [-0.3, -0.25) is 4.90 Å². The van der Waals surface area contributed by atoms with Gasteiger partial charge in [-0.2, -0.15) is 5.10 Å². The van der Waals surface area contributed by atoms with E-state index >= 15 is 0 Å². The second-order valence-corrected chi connectivity index (χ2v) is 6.11. The van der Waals surface area contributed by atoms with Crippen LogP contribution < -0.4 is 10.5 Å². The Kier molecular flexibility index (Phi) is 5.24. The molecule has 2 heterocycles. The average Bonchev–Trinajstić information content (AvgIpc) is 2.74. The summed E-state index contributed by atoms with van der Waals surface area (Å²) in [5.74, 6) is 0.831. The normalized spacial score (nSPS) is 19.2. The third-order valence-corrected chi connectivity index (χ3v) is 4.63. The molecule has 0 spiro atoms. The van der Waals surface area contributed by atoms with Crippen LogP contribution in [0.25, 0.3) is 0 Å². The number of nitrogens with two attached hydrogens (primary N) is 1. The number of nitrogens with zero attached hydrogens (tertiary/aromatic N) is 4. The quantitative estimate of drug-likeness (QED) is 0.869. The summed E-state index contributed by atoms with van der Waals surface area (Å²) < 4.78 is 7.35. The van der Waals surface area contributed by atoms with Crippen LogP contribution >= 0.6 is 0 Å². The molecule has 0 aromatic carbocycles. The fourth-order valence-electron chi connectivity index (χ4n) is 3.44. The maximum atomic E-state index is 6.09. The van der Waals surface area contributed by atoms with Gasteiger partial charge < -0.3 is 15.4 Å². The predicted octanol–water partition coefficient (Wildman–Crippen LogP) is 0.763. The molecule has 2 N–H and O–H groups in total. The fourth-order valence-corrected chi connectivity index (χ4v) is 3.44. The monoisotopic (exact) mass is 295 g/mol. The van der Waals surface area contributed by atoms with Crippen molar-refractivity contribution in [3.63, 3.8) is 0 Å². The van der Waals surface area contributed by atoms with Crippen molar-refractivity contribution in [3.05, 3.63) is 11.3 Å². The number of hydrogen-bond acceptors (Lipinski definition) is 5. The van der Waals surface area contributed by atoms with Crippen molar-refractivity contribution in [1.82, 2.24) is 19.6 Å². The molecule has 0 radical (unpaired) electrons. The largest absolute Gasteiger partial charge is 0.481 e. The van der Waals surface area contributed by atoms with Crippen LogP contribution in [-0.2, 0) is 7.05 Å². The van der Waals surface area contributed by atoms with Gasteiger partial charge in [-0.05, 0) is 33.9 Å².